The van der Waals surface area contributed by atoms with Crippen molar-refractivity contribution in [3.63, 3.8) is 0 Å². The lowest BCUT2D eigenvalue weighted by atomic mass is 10.1. The number of fused-ring (bicyclic) bond motifs is 1. The first-order chi connectivity index (χ1) is 11.1. The lowest BCUT2D eigenvalue weighted by Gasteiger charge is -2.06. The third-order valence-electron chi connectivity index (χ3n) is 3.42. The van der Waals surface area contributed by atoms with Crippen molar-refractivity contribution < 1.29 is 14.5 Å². The molecule has 0 amide bonds. The smallest absolute Gasteiger partial charge is 0.345 e. The number of nitro benzene ring substituents is 1. The number of benzene rings is 1. The van der Waals surface area contributed by atoms with Gasteiger partial charge >= 0.3 is 5.97 Å². The molecule has 3 aromatic rings. The molecule has 0 atom stereocenters. The molecule has 0 spiro atoms. The summed E-state index contributed by atoms with van der Waals surface area (Å²) in [7, 11) is 0. The molecule has 0 N–H and O–H groups in total. The number of nitro groups is 1. The van der Waals surface area contributed by atoms with Gasteiger partial charge in [0.05, 0.1) is 10.6 Å². The Morgan fingerprint density at radius 3 is 2.87 bits per heavy atom. The summed E-state index contributed by atoms with van der Waals surface area (Å²) < 4.78 is 7.00. The van der Waals surface area contributed by atoms with Crippen molar-refractivity contribution in [2.24, 2.45) is 0 Å². The number of esters is 1. The van der Waals surface area contributed by atoms with Crippen molar-refractivity contribution in [2.45, 2.75) is 13.5 Å². The third-order valence-corrected chi connectivity index (χ3v) is 3.42. The number of ether oxygens (including phenoxy) is 1. The van der Waals surface area contributed by atoms with Crippen LogP contribution >= 0.6 is 0 Å². The summed E-state index contributed by atoms with van der Waals surface area (Å²) in [5.41, 5.74) is 1.52. The molecule has 7 nitrogen and oxygen atoms in total. The number of aromatic nitrogens is 2. The minimum atomic E-state index is -0.730. The highest BCUT2D eigenvalue weighted by atomic mass is 16.6. The largest absolute Gasteiger partial charge is 0.455 e. The zero-order valence-electron chi connectivity index (χ0n) is 12.3. The summed E-state index contributed by atoms with van der Waals surface area (Å²) >= 11 is 0. The fourth-order valence-electron chi connectivity index (χ4n) is 2.34. The first-order valence-electron chi connectivity index (χ1n) is 6.90. The first-order valence-corrected chi connectivity index (χ1v) is 6.90. The van der Waals surface area contributed by atoms with E-state index in [4.69, 9.17) is 4.74 Å². The maximum absolute atomic E-state index is 12.2. The van der Waals surface area contributed by atoms with Crippen LogP contribution in [0.25, 0.3) is 5.65 Å². The summed E-state index contributed by atoms with van der Waals surface area (Å²) in [6.07, 6.45) is 3.58. The minimum absolute atomic E-state index is 0.0266. The van der Waals surface area contributed by atoms with Crippen LogP contribution in [0.5, 0.6) is 0 Å². The molecule has 0 bridgehead atoms. The van der Waals surface area contributed by atoms with Gasteiger partial charge in [0, 0.05) is 18.5 Å². The molecule has 0 unspecified atom stereocenters. The molecule has 0 saturated heterocycles. The second kappa shape index (κ2) is 5.88. The fraction of sp³-hybridized carbons (Fsp3) is 0.125. The van der Waals surface area contributed by atoms with Crippen molar-refractivity contribution >= 4 is 17.3 Å². The zero-order valence-corrected chi connectivity index (χ0v) is 12.3. The molecule has 1 aromatic carbocycles. The predicted octanol–water partition coefficient (Wildman–Crippen LogP) is 2.91. The van der Waals surface area contributed by atoms with Gasteiger partial charge in [-0.25, -0.2) is 9.78 Å². The van der Waals surface area contributed by atoms with Crippen LogP contribution in [0.15, 0.2) is 48.8 Å². The summed E-state index contributed by atoms with van der Waals surface area (Å²) in [5, 5.41) is 11.1. The van der Waals surface area contributed by atoms with E-state index < -0.39 is 10.9 Å². The Labute approximate surface area is 131 Å². The summed E-state index contributed by atoms with van der Waals surface area (Å²) in [5.74, 6) is -0.730. The van der Waals surface area contributed by atoms with E-state index in [2.05, 4.69) is 4.98 Å². The number of carbonyl (C=O) groups is 1. The van der Waals surface area contributed by atoms with Gasteiger partial charge in [-0.3, -0.25) is 10.1 Å². The molecule has 3 rings (SSSR count). The van der Waals surface area contributed by atoms with Crippen molar-refractivity contribution in [1.29, 1.82) is 0 Å². The normalized spacial score (nSPS) is 10.7. The van der Waals surface area contributed by atoms with Crippen molar-refractivity contribution in [3.8, 4) is 0 Å². The van der Waals surface area contributed by atoms with Crippen LogP contribution in [0.4, 0.5) is 5.69 Å². The molecule has 23 heavy (non-hydrogen) atoms. The van der Waals surface area contributed by atoms with E-state index in [1.807, 2.05) is 24.4 Å². The molecule has 116 valence electrons. The quantitative estimate of drug-likeness (QED) is 0.420. The molecule has 0 saturated carbocycles. The standard InChI is InChI=1S/C16H13N3O4/c1-11-5-4-6-13(19(21)22)15(11)16(20)23-10-12-9-18-8-3-2-7-14(18)17-12/h2-9H,10H2,1H3. The molecule has 0 aliphatic heterocycles. The molecule has 0 fully saturated rings. The average molecular weight is 311 g/mol. The molecule has 0 aliphatic rings. The fourth-order valence-corrected chi connectivity index (χ4v) is 2.34. The first kappa shape index (κ1) is 14.7. The molecular weight excluding hydrogens is 298 g/mol. The highest BCUT2D eigenvalue weighted by molar-refractivity contribution is 5.95. The van der Waals surface area contributed by atoms with Crippen LogP contribution in [0, 0.1) is 17.0 Å². The summed E-state index contributed by atoms with van der Waals surface area (Å²) in [4.78, 5) is 27.0. The number of imidazole rings is 1. The molecule has 7 heteroatoms. The predicted molar refractivity (Wildman–Crippen MR) is 82.1 cm³/mol. The van der Waals surface area contributed by atoms with Crippen LogP contribution in [0.2, 0.25) is 0 Å². The van der Waals surface area contributed by atoms with E-state index >= 15 is 0 Å². The van der Waals surface area contributed by atoms with Gasteiger partial charge < -0.3 is 9.14 Å². The monoisotopic (exact) mass is 311 g/mol. The highest BCUT2D eigenvalue weighted by Crippen LogP contribution is 2.23. The van der Waals surface area contributed by atoms with Gasteiger partial charge in [-0.1, -0.05) is 18.2 Å². The van der Waals surface area contributed by atoms with Crippen LogP contribution in [-0.4, -0.2) is 20.3 Å². The summed E-state index contributed by atoms with van der Waals surface area (Å²) in [6, 6.07) is 10.0. The van der Waals surface area contributed by atoms with Gasteiger partial charge in [-0.2, -0.15) is 0 Å². The lowest BCUT2D eigenvalue weighted by Crippen LogP contribution is -2.10. The third kappa shape index (κ3) is 2.89. The highest BCUT2D eigenvalue weighted by Gasteiger charge is 2.23. The van der Waals surface area contributed by atoms with Crippen molar-refractivity contribution in [1.82, 2.24) is 9.38 Å². The molecule has 2 heterocycles. The zero-order chi connectivity index (χ0) is 16.4. The number of pyridine rings is 1. The number of hydrogen-bond acceptors (Lipinski definition) is 5. The Kier molecular flexibility index (Phi) is 3.76. The maximum atomic E-state index is 12.2. The van der Waals surface area contributed by atoms with Crippen LogP contribution < -0.4 is 0 Å². The number of hydrogen-bond donors (Lipinski definition) is 0. The second-order valence-corrected chi connectivity index (χ2v) is 5.00. The van der Waals surface area contributed by atoms with E-state index in [1.54, 1.807) is 23.6 Å². The van der Waals surface area contributed by atoms with E-state index in [9.17, 15) is 14.9 Å². The molecule has 2 aromatic heterocycles. The van der Waals surface area contributed by atoms with Crippen LogP contribution in [0.3, 0.4) is 0 Å². The van der Waals surface area contributed by atoms with E-state index in [0.717, 1.165) is 5.65 Å². The Morgan fingerprint density at radius 2 is 2.13 bits per heavy atom. The summed E-state index contributed by atoms with van der Waals surface area (Å²) in [6.45, 7) is 1.58. The van der Waals surface area contributed by atoms with Gasteiger partial charge in [-0.05, 0) is 24.6 Å². The average Bonchev–Trinajstić information content (AvgIpc) is 2.95. The van der Waals surface area contributed by atoms with Crippen molar-refractivity contribution in [2.75, 3.05) is 0 Å². The number of nitrogens with zero attached hydrogens (tertiary/aromatic N) is 3. The minimum Gasteiger partial charge on any atom is -0.455 e. The topological polar surface area (TPSA) is 86.7 Å². The number of aryl methyl sites for hydroxylation is 1. The Morgan fingerprint density at radius 1 is 1.30 bits per heavy atom. The van der Waals surface area contributed by atoms with Gasteiger partial charge in [0.15, 0.2) is 0 Å². The van der Waals surface area contributed by atoms with Gasteiger partial charge in [0.1, 0.15) is 17.8 Å². The van der Waals surface area contributed by atoms with E-state index in [-0.39, 0.29) is 17.9 Å². The molecule has 0 radical (unpaired) electrons. The van der Waals surface area contributed by atoms with Gasteiger partial charge in [0.25, 0.3) is 5.69 Å². The van der Waals surface area contributed by atoms with Crippen LogP contribution in [-0.2, 0) is 11.3 Å². The van der Waals surface area contributed by atoms with Gasteiger partial charge in [-0.15, -0.1) is 0 Å². The number of rotatable bonds is 4. The lowest BCUT2D eigenvalue weighted by molar-refractivity contribution is -0.385. The molecular formula is C16H13N3O4. The number of carbonyl (C=O) groups excluding carboxylic acids is 1. The van der Waals surface area contributed by atoms with Crippen molar-refractivity contribution in [3.05, 3.63) is 75.7 Å². The van der Waals surface area contributed by atoms with Crippen LogP contribution in [0.1, 0.15) is 21.6 Å². The van der Waals surface area contributed by atoms with E-state index in [0.29, 0.717) is 11.3 Å². The molecule has 0 aliphatic carbocycles. The maximum Gasteiger partial charge on any atom is 0.345 e. The van der Waals surface area contributed by atoms with E-state index in [1.165, 1.54) is 12.1 Å². The Hall–Kier alpha value is -3.22. The Balaban J connectivity index is 1.81. The Bertz CT molecular complexity index is 868. The SMILES string of the molecule is Cc1cccc([N+](=O)[O-])c1C(=O)OCc1cn2ccccc2n1. The van der Waals surface area contributed by atoms with Gasteiger partial charge in [0.2, 0.25) is 0 Å². The second-order valence-electron chi connectivity index (χ2n) is 5.00.